The summed E-state index contributed by atoms with van der Waals surface area (Å²) in [5, 5.41) is 1.99. The number of carbonyl (C=O) groups is 1. The molecule has 32 heavy (non-hydrogen) atoms. The molecule has 0 aliphatic carbocycles. The molecule has 0 saturated carbocycles. The van der Waals surface area contributed by atoms with Gasteiger partial charge in [-0.15, -0.1) is 11.3 Å². The molecule has 0 amide bonds. The number of thiazole rings is 1. The molecule has 5 heteroatoms. The molecule has 0 unspecified atom stereocenters. The van der Waals surface area contributed by atoms with E-state index in [9.17, 15) is 4.79 Å². The first-order valence-corrected chi connectivity index (χ1v) is 11.1. The van der Waals surface area contributed by atoms with Crippen LogP contribution in [-0.4, -0.2) is 22.3 Å². The topological polar surface area (TPSA) is 43.6 Å². The zero-order valence-electron chi connectivity index (χ0n) is 17.4. The van der Waals surface area contributed by atoms with Gasteiger partial charge in [0.05, 0.1) is 18.5 Å². The fraction of sp³-hybridized carbons (Fsp3) is 0.0370. The van der Waals surface area contributed by atoms with Crippen molar-refractivity contribution in [2.45, 2.75) is 0 Å². The number of hydrogen-bond donors (Lipinski definition) is 0. The Morgan fingerprint density at radius 3 is 2.31 bits per heavy atom. The third-order valence-corrected chi connectivity index (χ3v) is 6.09. The molecule has 0 radical (unpaired) electrons. The highest BCUT2D eigenvalue weighted by atomic mass is 32.1. The number of fused-ring (bicyclic) bond motifs is 1. The van der Waals surface area contributed by atoms with E-state index >= 15 is 0 Å². The second-order valence-corrected chi connectivity index (χ2v) is 8.14. The number of carbonyl (C=O) groups excluding carboxylic acids is 1. The molecule has 0 saturated heterocycles. The van der Waals surface area contributed by atoms with Crippen LogP contribution in [0, 0.1) is 0 Å². The molecule has 2 aromatic heterocycles. The number of benzene rings is 3. The molecular weight excluding hydrogens is 416 g/mol. The number of imidazole rings is 1. The van der Waals surface area contributed by atoms with Gasteiger partial charge in [0.1, 0.15) is 5.75 Å². The van der Waals surface area contributed by atoms with Gasteiger partial charge in [-0.1, -0.05) is 54.6 Å². The van der Waals surface area contributed by atoms with Gasteiger partial charge in [-0.25, -0.2) is 4.98 Å². The van der Waals surface area contributed by atoms with Gasteiger partial charge in [0.2, 0.25) is 0 Å². The largest absolute Gasteiger partial charge is 0.497 e. The third kappa shape index (κ3) is 3.86. The standard InChI is InChI=1S/C27H20N2O2S/c1-31-23-13-11-22(12-14-23)26-24(29-17-18-32-27(29)28-26)15-16-25(30)21-9-7-20(8-10-21)19-5-3-2-4-6-19/h2-18H,1H3. The highest BCUT2D eigenvalue weighted by Gasteiger charge is 2.14. The van der Waals surface area contributed by atoms with E-state index in [1.807, 2.05) is 88.8 Å². The van der Waals surface area contributed by atoms with E-state index in [0.29, 0.717) is 5.56 Å². The summed E-state index contributed by atoms with van der Waals surface area (Å²) in [4.78, 5) is 18.5. The van der Waals surface area contributed by atoms with Crippen molar-refractivity contribution in [3.8, 4) is 28.1 Å². The Labute approximate surface area is 190 Å². The van der Waals surface area contributed by atoms with E-state index in [1.165, 1.54) is 0 Å². The van der Waals surface area contributed by atoms with Crippen LogP contribution in [0.15, 0.2) is 96.5 Å². The van der Waals surface area contributed by atoms with Crippen LogP contribution >= 0.6 is 11.3 Å². The molecule has 0 N–H and O–H groups in total. The van der Waals surface area contributed by atoms with E-state index < -0.39 is 0 Å². The number of ketones is 1. The summed E-state index contributed by atoms with van der Waals surface area (Å²) in [5.74, 6) is 0.747. The molecule has 5 rings (SSSR count). The first kappa shape index (κ1) is 20.0. The smallest absolute Gasteiger partial charge is 0.194 e. The lowest BCUT2D eigenvalue weighted by atomic mass is 10.0. The highest BCUT2D eigenvalue weighted by Crippen LogP contribution is 2.29. The Kier molecular flexibility index (Phi) is 5.40. The average molecular weight is 437 g/mol. The van der Waals surface area contributed by atoms with Gasteiger partial charge in [-0.05, 0) is 47.5 Å². The predicted octanol–water partition coefficient (Wildman–Crippen LogP) is 6.63. The number of methoxy groups -OCH3 is 1. The van der Waals surface area contributed by atoms with Crippen molar-refractivity contribution in [1.82, 2.24) is 9.38 Å². The summed E-state index contributed by atoms with van der Waals surface area (Å²) < 4.78 is 7.27. The maximum Gasteiger partial charge on any atom is 0.194 e. The number of ether oxygens (including phenoxy) is 1. The van der Waals surface area contributed by atoms with E-state index in [0.717, 1.165) is 38.8 Å². The van der Waals surface area contributed by atoms with E-state index in [4.69, 9.17) is 9.72 Å². The minimum atomic E-state index is -0.0459. The molecule has 4 nitrogen and oxygen atoms in total. The second-order valence-electron chi connectivity index (χ2n) is 7.27. The molecule has 3 aromatic carbocycles. The molecule has 0 atom stereocenters. The van der Waals surface area contributed by atoms with Crippen molar-refractivity contribution < 1.29 is 9.53 Å². The van der Waals surface area contributed by atoms with Gasteiger partial charge in [-0.2, -0.15) is 0 Å². The first-order valence-electron chi connectivity index (χ1n) is 10.2. The van der Waals surface area contributed by atoms with Crippen LogP contribution in [-0.2, 0) is 0 Å². The lowest BCUT2D eigenvalue weighted by Gasteiger charge is -2.04. The Hall–Kier alpha value is -3.96. The Morgan fingerprint density at radius 2 is 1.59 bits per heavy atom. The Balaban J connectivity index is 1.44. The summed E-state index contributed by atoms with van der Waals surface area (Å²) in [5.41, 5.74) is 5.55. The molecule has 0 aliphatic heterocycles. The van der Waals surface area contributed by atoms with Crippen molar-refractivity contribution >= 4 is 28.2 Å². The molecule has 0 spiro atoms. The number of rotatable bonds is 6. The Bertz CT molecular complexity index is 1400. The first-order chi connectivity index (χ1) is 15.7. The number of allylic oxidation sites excluding steroid dienone is 1. The predicted molar refractivity (Wildman–Crippen MR) is 130 cm³/mol. The van der Waals surface area contributed by atoms with Crippen molar-refractivity contribution in [3.05, 3.63) is 108 Å². The molecule has 5 aromatic rings. The second kappa shape index (κ2) is 8.65. The Morgan fingerprint density at radius 1 is 0.906 bits per heavy atom. The molecule has 0 fully saturated rings. The SMILES string of the molecule is COc1ccc(-c2nc3sccn3c2C=CC(=O)c2ccc(-c3ccccc3)cc2)cc1. The average Bonchev–Trinajstić information content (AvgIpc) is 3.45. The fourth-order valence-electron chi connectivity index (χ4n) is 3.63. The summed E-state index contributed by atoms with van der Waals surface area (Å²) in [6, 6.07) is 25.6. The molecule has 0 aliphatic rings. The number of hydrogen-bond acceptors (Lipinski definition) is 4. The van der Waals surface area contributed by atoms with Crippen LogP contribution in [0.3, 0.4) is 0 Å². The van der Waals surface area contributed by atoms with Gasteiger partial charge in [0.25, 0.3) is 0 Å². The van der Waals surface area contributed by atoms with Crippen LogP contribution in [0.2, 0.25) is 0 Å². The van der Waals surface area contributed by atoms with E-state index in [1.54, 1.807) is 24.5 Å². The molecule has 2 heterocycles. The van der Waals surface area contributed by atoms with Gasteiger partial charge in [0.15, 0.2) is 10.7 Å². The molecule has 0 bridgehead atoms. The fourth-order valence-corrected chi connectivity index (χ4v) is 4.35. The van der Waals surface area contributed by atoms with Crippen molar-refractivity contribution in [2.24, 2.45) is 0 Å². The minimum absolute atomic E-state index is 0.0459. The monoisotopic (exact) mass is 436 g/mol. The lowest BCUT2D eigenvalue weighted by molar-refractivity contribution is 0.104. The van der Waals surface area contributed by atoms with Crippen LogP contribution in [0.4, 0.5) is 0 Å². The third-order valence-electron chi connectivity index (χ3n) is 5.33. The lowest BCUT2D eigenvalue weighted by Crippen LogP contribution is -1.95. The normalized spacial score (nSPS) is 11.3. The van der Waals surface area contributed by atoms with Crippen LogP contribution < -0.4 is 4.74 Å². The van der Waals surface area contributed by atoms with Crippen LogP contribution in [0.1, 0.15) is 16.1 Å². The van der Waals surface area contributed by atoms with Crippen molar-refractivity contribution in [3.63, 3.8) is 0 Å². The summed E-state index contributed by atoms with van der Waals surface area (Å²) in [7, 11) is 1.65. The van der Waals surface area contributed by atoms with Crippen LogP contribution in [0.5, 0.6) is 5.75 Å². The minimum Gasteiger partial charge on any atom is -0.497 e. The van der Waals surface area contributed by atoms with Gasteiger partial charge in [-0.3, -0.25) is 9.20 Å². The summed E-state index contributed by atoms with van der Waals surface area (Å²) in [6.45, 7) is 0. The highest BCUT2D eigenvalue weighted by molar-refractivity contribution is 7.15. The van der Waals surface area contributed by atoms with Crippen molar-refractivity contribution in [1.29, 1.82) is 0 Å². The molecule has 156 valence electrons. The summed E-state index contributed by atoms with van der Waals surface area (Å²) >= 11 is 1.56. The zero-order chi connectivity index (χ0) is 21.9. The maximum atomic E-state index is 12.9. The quantitative estimate of drug-likeness (QED) is 0.221. The molecular formula is C27H20N2O2S. The number of nitrogens with zero attached hydrogens (tertiary/aromatic N) is 2. The summed E-state index contributed by atoms with van der Waals surface area (Å²) in [6.07, 6.45) is 5.43. The van der Waals surface area contributed by atoms with E-state index in [-0.39, 0.29) is 5.78 Å². The van der Waals surface area contributed by atoms with Crippen LogP contribution in [0.25, 0.3) is 33.4 Å². The maximum absolute atomic E-state index is 12.9. The van der Waals surface area contributed by atoms with Gasteiger partial charge >= 0.3 is 0 Å². The van der Waals surface area contributed by atoms with E-state index in [2.05, 4.69) is 12.1 Å². The number of aromatic nitrogens is 2. The zero-order valence-corrected chi connectivity index (χ0v) is 18.3. The van der Waals surface area contributed by atoms with Gasteiger partial charge < -0.3 is 4.74 Å². The van der Waals surface area contributed by atoms with Gasteiger partial charge in [0, 0.05) is 22.7 Å². The van der Waals surface area contributed by atoms with Crippen molar-refractivity contribution in [2.75, 3.05) is 7.11 Å².